The van der Waals surface area contributed by atoms with Crippen LogP contribution >= 0.6 is 0 Å². The van der Waals surface area contributed by atoms with Gasteiger partial charge in [0.25, 0.3) is 0 Å². The van der Waals surface area contributed by atoms with Gasteiger partial charge in [-0.1, -0.05) is 18.2 Å². The predicted octanol–water partition coefficient (Wildman–Crippen LogP) is 3.59. The van der Waals surface area contributed by atoms with Crippen LogP contribution in [-0.2, 0) is 11.3 Å². The van der Waals surface area contributed by atoms with Gasteiger partial charge in [-0.3, -0.25) is 5.32 Å². The number of para-hydroxylation sites is 1. The number of carbonyl (C=O) groups is 1. The molecular weight excluding hydrogens is 285 g/mol. The normalized spacial score (nSPS) is 10.1. The largest absolute Gasteiger partial charge is 0.450 e. The van der Waals surface area contributed by atoms with Crippen LogP contribution < -0.4 is 16.4 Å². The van der Waals surface area contributed by atoms with Gasteiger partial charge >= 0.3 is 6.09 Å². The molecule has 0 aliphatic heterocycles. The number of rotatable bonds is 5. The van der Waals surface area contributed by atoms with Gasteiger partial charge in [-0.2, -0.15) is 0 Å². The van der Waals surface area contributed by atoms with E-state index in [0.717, 1.165) is 5.56 Å². The smallest absolute Gasteiger partial charge is 0.411 e. The summed E-state index contributed by atoms with van der Waals surface area (Å²) in [6.45, 7) is 2.51. The number of halogens is 1. The molecule has 0 saturated heterocycles. The Balaban J connectivity index is 2.05. The first-order valence-electron chi connectivity index (χ1n) is 6.90. The molecule has 0 bridgehead atoms. The average molecular weight is 303 g/mol. The van der Waals surface area contributed by atoms with Gasteiger partial charge in [-0.15, -0.1) is 0 Å². The number of nitrogen functional groups attached to an aromatic ring is 1. The summed E-state index contributed by atoms with van der Waals surface area (Å²) in [6, 6.07) is 11.5. The van der Waals surface area contributed by atoms with Crippen LogP contribution in [0.1, 0.15) is 12.5 Å². The van der Waals surface area contributed by atoms with E-state index >= 15 is 0 Å². The van der Waals surface area contributed by atoms with E-state index in [2.05, 4.69) is 10.6 Å². The molecule has 2 rings (SSSR count). The Hall–Kier alpha value is -2.76. The zero-order valence-corrected chi connectivity index (χ0v) is 12.2. The van der Waals surface area contributed by atoms with Gasteiger partial charge in [-0.25, -0.2) is 9.18 Å². The highest BCUT2D eigenvalue weighted by Gasteiger charge is 2.08. The minimum atomic E-state index is -0.551. The van der Waals surface area contributed by atoms with Gasteiger partial charge in [0.15, 0.2) is 0 Å². The van der Waals surface area contributed by atoms with Gasteiger partial charge in [-0.05, 0) is 36.8 Å². The van der Waals surface area contributed by atoms with E-state index in [9.17, 15) is 9.18 Å². The van der Waals surface area contributed by atoms with Crippen LogP contribution in [0.4, 0.5) is 26.2 Å². The van der Waals surface area contributed by atoms with E-state index in [1.54, 1.807) is 37.3 Å². The SMILES string of the molecule is CCOC(=O)Nc1cccc(NCc2ccc(F)cc2)c1N. The number of nitrogens with one attached hydrogen (secondary N) is 2. The van der Waals surface area contributed by atoms with Gasteiger partial charge < -0.3 is 15.8 Å². The minimum Gasteiger partial charge on any atom is -0.450 e. The molecule has 0 aromatic heterocycles. The van der Waals surface area contributed by atoms with Crippen molar-refractivity contribution in [2.75, 3.05) is 23.0 Å². The van der Waals surface area contributed by atoms with Crippen molar-refractivity contribution in [1.82, 2.24) is 0 Å². The van der Waals surface area contributed by atoms with Crippen molar-refractivity contribution in [3.63, 3.8) is 0 Å². The second-order valence-corrected chi connectivity index (χ2v) is 4.59. The van der Waals surface area contributed by atoms with Gasteiger partial charge in [0.05, 0.1) is 23.7 Å². The topological polar surface area (TPSA) is 76.4 Å². The molecule has 0 spiro atoms. The van der Waals surface area contributed by atoms with Gasteiger partial charge in [0.1, 0.15) is 5.82 Å². The molecule has 6 heteroatoms. The molecule has 1 amide bonds. The summed E-state index contributed by atoms with van der Waals surface area (Å²) in [4.78, 5) is 11.4. The fraction of sp³-hybridized carbons (Fsp3) is 0.188. The van der Waals surface area contributed by atoms with E-state index in [1.807, 2.05) is 0 Å². The second-order valence-electron chi connectivity index (χ2n) is 4.59. The number of ether oxygens (including phenoxy) is 1. The Kier molecular flexibility index (Phi) is 5.19. The molecule has 0 fully saturated rings. The van der Waals surface area contributed by atoms with Crippen molar-refractivity contribution in [3.05, 3.63) is 53.8 Å². The molecule has 0 atom stereocenters. The maximum atomic E-state index is 12.9. The van der Waals surface area contributed by atoms with E-state index in [4.69, 9.17) is 10.5 Å². The first kappa shape index (κ1) is 15.6. The van der Waals surface area contributed by atoms with E-state index in [-0.39, 0.29) is 12.4 Å². The highest BCUT2D eigenvalue weighted by Crippen LogP contribution is 2.27. The zero-order chi connectivity index (χ0) is 15.9. The van der Waals surface area contributed by atoms with Crippen LogP contribution in [-0.4, -0.2) is 12.7 Å². The lowest BCUT2D eigenvalue weighted by atomic mass is 10.2. The third-order valence-electron chi connectivity index (χ3n) is 3.01. The van der Waals surface area contributed by atoms with Crippen LogP contribution in [0.2, 0.25) is 0 Å². The number of carbonyl (C=O) groups excluding carboxylic acids is 1. The summed E-state index contributed by atoms with van der Waals surface area (Å²) in [6.07, 6.45) is -0.551. The quantitative estimate of drug-likeness (QED) is 0.738. The van der Waals surface area contributed by atoms with Crippen molar-refractivity contribution in [3.8, 4) is 0 Å². The maximum Gasteiger partial charge on any atom is 0.411 e. The van der Waals surface area contributed by atoms with E-state index in [1.165, 1.54) is 12.1 Å². The molecule has 2 aromatic rings. The number of hydrogen-bond donors (Lipinski definition) is 3. The summed E-state index contributed by atoms with van der Waals surface area (Å²) in [5, 5.41) is 5.74. The average Bonchev–Trinajstić information content (AvgIpc) is 2.50. The fourth-order valence-corrected chi connectivity index (χ4v) is 1.91. The lowest BCUT2D eigenvalue weighted by molar-refractivity contribution is 0.168. The molecule has 4 N–H and O–H groups in total. The number of amides is 1. The van der Waals surface area contributed by atoms with Crippen molar-refractivity contribution in [1.29, 1.82) is 0 Å². The van der Waals surface area contributed by atoms with E-state index in [0.29, 0.717) is 23.6 Å². The third kappa shape index (κ3) is 4.12. The van der Waals surface area contributed by atoms with Gasteiger partial charge in [0.2, 0.25) is 0 Å². The third-order valence-corrected chi connectivity index (χ3v) is 3.01. The van der Waals surface area contributed by atoms with Crippen molar-refractivity contribution < 1.29 is 13.9 Å². The summed E-state index contributed by atoms with van der Waals surface area (Å²) >= 11 is 0. The molecule has 2 aromatic carbocycles. The highest BCUT2D eigenvalue weighted by atomic mass is 19.1. The monoisotopic (exact) mass is 303 g/mol. The van der Waals surface area contributed by atoms with Crippen LogP contribution in [0.25, 0.3) is 0 Å². The lowest BCUT2D eigenvalue weighted by Gasteiger charge is -2.13. The molecule has 116 valence electrons. The van der Waals surface area contributed by atoms with Gasteiger partial charge in [0, 0.05) is 6.54 Å². The predicted molar refractivity (Wildman–Crippen MR) is 85.2 cm³/mol. The molecular formula is C16H18FN3O2. The second kappa shape index (κ2) is 7.31. The maximum absolute atomic E-state index is 12.9. The zero-order valence-electron chi connectivity index (χ0n) is 12.2. The molecule has 0 saturated carbocycles. The molecule has 0 aliphatic rings. The number of anilines is 3. The van der Waals surface area contributed by atoms with Crippen LogP contribution in [0.15, 0.2) is 42.5 Å². The molecule has 0 unspecified atom stereocenters. The molecule has 0 aliphatic carbocycles. The molecule has 22 heavy (non-hydrogen) atoms. The Labute approximate surface area is 128 Å². The minimum absolute atomic E-state index is 0.274. The number of benzene rings is 2. The lowest BCUT2D eigenvalue weighted by Crippen LogP contribution is -2.15. The van der Waals surface area contributed by atoms with Crippen molar-refractivity contribution in [2.24, 2.45) is 0 Å². The standard InChI is InChI=1S/C16H18FN3O2/c1-2-22-16(21)20-14-5-3-4-13(15(14)18)19-10-11-6-8-12(17)9-7-11/h3-9,19H,2,10,18H2,1H3,(H,20,21). The summed E-state index contributed by atoms with van der Waals surface area (Å²) in [5.41, 5.74) is 8.51. The molecule has 5 nitrogen and oxygen atoms in total. The first-order chi connectivity index (χ1) is 10.6. The summed E-state index contributed by atoms with van der Waals surface area (Å²) < 4.78 is 17.7. The Morgan fingerprint density at radius 2 is 1.86 bits per heavy atom. The fourth-order valence-electron chi connectivity index (χ4n) is 1.91. The van der Waals surface area contributed by atoms with Crippen molar-refractivity contribution >= 4 is 23.2 Å². The highest BCUT2D eigenvalue weighted by molar-refractivity contribution is 5.92. The van der Waals surface area contributed by atoms with Crippen LogP contribution in [0, 0.1) is 5.82 Å². The summed E-state index contributed by atoms with van der Waals surface area (Å²) in [5.74, 6) is -0.274. The van der Waals surface area contributed by atoms with Crippen LogP contribution in [0.5, 0.6) is 0 Å². The molecule has 0 radical (unpaired) electrons. The number of hydrogen-bond acceptors (Lipinski definition) is 4. The Morgan fingerprint density at radius 3 is 2.55 bits per heavy atom. The first-order valence-corrected chi connectivity index (χ1v) is 6.90. The molecule has 0 heterocycles. The Bertz CT molecular complexity index is 644. The number of nitrogens with two attached hydrogens (primary N) is 1. The van der Waals surface area contributed by atoms with E-state index < -0.39 is 6.09 Å². The van der Waals surface area contributed by atoms with Crippen LogP contribution in [0.3, 0.4) is 0 Å². The summed E-state index contributed by atoms with van der Waals surface area (Å²) in [7, 11) is 0. The van der Waals surface area contributed by atoms with Crippen molar-refractivity contribution in [2.45, 2.75) is 13.5 Å². The Morgan fingerprint density at radius 1 is 1.18 bits per heavy atom.